The van der Waals surface area contributed by atoms with Crippen molar-refractivity contribution in [2.24, 2.45) is 0 Å². The van der Waals surface area contributed by atoms with E-state index in [0.717, 1.165) is 29.7 Å². The van der Waals surface area contributed by atoms with Crippen molar-refractivity contribution in [3.05, 3.63) is 135 Å². The van der Waals surface area contributed by atoms with Crippen LogP contribution in [-0.2, 0) is 26.7 Å². The number of esters is 1. The molecular formula is C42H45Cl2F6NO5Si. The first-order valence-corrected chi connectivity index (χ1v) is 19.8. The molecule has 0 amide bonds. The fourth-order valence-corrected chi connectivity index (χ4v) is 7.04. The number of methoxy groups -OCH3 is 1. The highest BCUT2D eigenvalue weighted by atomic mass is 35.5. The van der Waals surface area contributed by atoms with Gasteiger partial charge in [-0.1, -0.05) is 71.7 Å². The molecule has 0 aromatic heterocycles. The van der Waals surface area contributed by atoms with Crippen molar-refractivity contribution in [2.45, 2.75) is 81.8 Å². The van der Waals surface area contributed by atoms with Gasteiger partial charge in [-0.25, -0.2) is 4.79 Å². The van der Waals surface area contributed by atoms with Crippen molar-refractivity contribution < 1.29 is 49.8 Å². The summed E-state index contributed by atoms with van der Waals surface area (Å²) in [4.78, 5) is 14.9. The number of hydrogen-bond acceptors (Lipinski definition) is 6. The van der Waals surface area contributed by atoms with Crippen molar-refractivity contribution in [1.82, 2.24) is 4.90 Å². The zero-order valence-electron chi connectivity index (χ0n) is 32.1. The zero-order valence-corrected chi connectivity index (χ0v) is 34.7. The molecule has 57 heavy (non-hydrogen) atoms. The van der Waals surface area contributed by atoms with Crippen LogP contribution >= 0.6 is 23.2 Å². The van der Waals surface area contributed by atoms with Crippen LogP contribution in [0.3, 0.4) is 0 Å². The van der Waals surface area contributed by atoms with Crippen LogP contribution in [0.4, 0.5) is 26.3 Å². The van der Waals surface area contributed by atoms with Crippen molar-refractivity contribution >= 4 is 38.9 Å². The minimum atomic E-state index is -5.44. The van der Waals surface area contributed by atoms with E-state index in [1.165, 1.54) is 30.3 Å². The van der Waals surface area contributed by atoms with Crippen molar-refractivity contribution in [3.63, 3.8) is 0 Å². The molecule has 2 atom stereocenters. The Kier molecular flexibility index (Phi) is 16.1. The summed E-state index contributed by atoms with van der Waals surface area (Å²) in [6.07, 6.45) is -6.76. The topological polar surface area (TPSA) is 57.2 Å². The first-order chi connectivity index (χ1) is 26.7. The molecule has 0 spiro atoms. The summed E-state index contributed by atoms with van der Waals surface area (Å²) < 4.78 is 105. The van der Waals surface area contributed by atoms with E-state index >= 15 is 0 Å². The van der Waals surface area contributed by atoms with Gasteiger partial charge in [0, 0.05) is 29.6 Å². The van der Waals surface area contributed by atoms with Gasteiger partial charge in [-0.2, -0.15) is 26.3 Å². The number of nitrogens with zero attached hydrogens (tertiary/aromatic N) is 1. The third kappa shape index (κ3) is 14.0. The van der Waals surface area contributed by atoms with Gasteiger partial charge >= 0.3 is 27.7 Å². The highest BCUT2D eigenvalue weighted by molar-refractivity contribution is 6.31. The van der Waals surface area contributed by atoms with Gasteiger partial charge in [-0.15, -0.1) is 0 Å². The van der Waals surface area contributed by atoms with E-state index in [2.05, 4.69) is 9.33 Å². The highest BCUT2D eigenvalue weighted by Gasteiger charge is 2.64. The monoisotopic (exact) mass is 855 g/mol. The Morgan fingerprint density at radius 1 is 0.789 bits per heavy atom. The van der Waals surface area contributed by atoms with E-state index in [9.17, 15) is 31.1 Å². The molecule has 0 bridgehead atoms. The SMILES string of the molecule is COC(O[Si]C(F)(F)F)(C(CCc1cccc(C(=O)OC(C)(C)C)c1)Oc1ccc(CCCN(C)CC(c2ccc(Cl)cc2)c2ccc(Cl)cc2)cc1)C(F)(F)F. The summed E-state index contributed by atoms with van der Waals surface area (Å²) >= 11 is 12.3. The highest BCUT2D eigenvalue weighted by Crippen LogP contribution is 2.41. The van der Waals surface area contributed by atoms with Crippen LogP contribution in [0.1, 0.15) is 72.1 Å². The van der Waals surface area contributed by atoms with E-state index in [1.54, 1.807) is 39.0 Å². The van der Waals surface area contributed by atoms with Gasteiger partial charge in [0.25, 0.3) is 5.79 Å². The van der Waals surface area contributed by atoms with Gasteiger partial charge in [-0.05, 0) is 131 Å². The summed E-state index contributed by atoms with van der Waals surface area (Å²) in [5, 5.41) is 1.29. The Balaban J connectivity index is 1.48. The minimum absolute atomic E-state index is 0.0261. The average Bonchev–Trinajstić information content (AvgIpc) is 3.13. The molecule has 0 N–H and O–H groups in total. The average molecular weight is 857 g/mol. The number of rotatable bonds is 18. The third-order valence-corrected chi connectivity index (χ3v) is 10.1. The van der Waals surface area contributed by atoms with Gasteiger partial charge in [-0.3, -0.25) is 0 Å². The molecule has 2 radical (unpaired) electrons. The molecule has 4 rings (SSSR count). The van der Waals surface area contributed by atoms with E-state index < -0.39 is 51.6 Å². The Morgan fingerprint density at radius 2 is 1.37 bits per heavy atom. The predicted molar refractivity (Wildman–Crippen MR) is 210 cm³/mol. The van der Waals surface area contributed by atoms with Crippen LogP contribution in [0.2, 0.25) is 10.0 Å². The molecule has 6 nitrogen and oxygen atoms in total. The van der Waals surface area contributed by atoms with E-state index in [1.807, 2.05) is 55.6 Å². The lowest BCUT2D eigenvalue weighted by Gasteiger charge is -2.40. The number of alkyl halides is 6. The largest absolute Gasteiger partial charge is 0.484 e. The minimum Gasteiger partial charge on any atom is -0.484 e. The molecule has 0 fully saturated rings. The van der Waals surface area contributed by atoms with Crippen LogP contribution < -0.4 is 4.74 Å². The Labute approximate surface area is 342 Å². The van der Waals surface area contributed by atoms with E-state index in [-0.39, 0.29) is 23.7 Å². The maximum Gasteiger partial charge on any atom is 0.446 e. The van der Waals surface area contributed by atoms with Gasteiger partial charge in [0.15, 0.2) is 6.10 Å². The molecule has 2 unspecified atom stereocenters. The van der Waals surface area contributed by atoms with Gasteiger partial charge < -0.3 is 23.5 Å². The second-order valence-electron chi connectivity index (χ2n) is 14.6. The number of benzene rings is 4. The van der Waals surface area contributed by atoms with E-state index in [0.29, 0.717) is 35.7 Å². The number of carbonyl (C=O) groups is 1. The standard InChI is InChI=1S/C42H45Cl2F6NO5Si/c1-39(2,3)55-38(52)32-10-6-8-29(26-32)13-24-37(40(53-5,41(45,46)47)56-57-42(48,49)50)54-35-22-11-28(12-23-35)9-7-25-51(4)27-36(30-14-18-33(43)19-15-30)31-16-20-34(44)21-17-31/h6,8,10-12,14-23,26,36-37H,7,9,13,24-25,27H2,1-5H3. The van der Waals surface area contributed by atoms with E-state index in [4.69, 9.17) is 37.4 Å². The van der Waals surface area contributed by atoms with Crippen LogP contribution in [0.25, 0.3) is 0 Å². The van der Waals surface area contributed by atoms with Gasteiger partial charge in [0.2, 0.25) is 0 Å². The smallest absolute Gasteiger partial charge is 0.446 e. The lowest BCUT2D eigenvalue weighted by atomic mass is 9.91. The second-order valence-corrected chi connectivity index (χ2v) is 16.4. The zero-order chi connectivity index (χ0) is 42.0. The maximum absolute atomic E-state index is 14.8. The summed E-state index contributed by atoms with van der Waals surface area (Å²) in [6, 6.07) is 27.8. The number of hydrogen-bond donors (Lipinski definition) is 0. The summed E-state index contributed by atoms with van der Waals surface area (Å²) in [6.45, 7) is 6.51. The van der Waals surface area contributed by atoms with Crippen LogP contribution in [-0.4, -0.2) is 77.3 Å². The molecule has 15 heteroatoms. The molecule has 0 aliphatic rings. The normalized spacial score (nSPS) is 14.1. The number of likely N-dealkylation sites (N-methyl/N-ethyl adjacent to an activating group) is 1. The molecule has 4 aromatic carbocycles. The molecule has 4 aromatic rings. The second kappa shape index (κ2) is 19.9. The maximum atomic E-state index is 14.8. The van der Waals surface area contributed by atoms with Crippen molar-refractivity contribution in [2.75, 3.05) is 27.2 Å². The lowest BCUT2D eigenvalue weighted by molar-refractivity contribution is -0.374. The molecule has 0 saturated heterocycles. The summed E-state index contributed by atoms with van der Waals surface area (Å²) in [5.74, 6) is -9.45. The van der Waals surface area contributed by atoms with Crippen molar-refractivity contribution in [1.29, 1.82) is 0 Å². The van der Waals surface area contributed by atoms with Gasteiger partial charge in [0.1, 0.15) is 11.4 Å². The fraction of sp³-hybridized carbons (Fsp3) is 0.405. The number of ether oxygens (including phenoxy) is 3. The molecule has 0 saturated carbocycles. The number of halogens is 8. The fourth-order valence-electron chi connectivity index (χ4n) is 6.19. The molecule has 308 valence electrons. The quantitative estimate of drug-likeness (QED) is 0.0430. The molecule has 0 heterocycles. The first kappa shape index (κ1) is 46.1. The van der Waals surface area contributed by atoms with Crippen LogP contribution in [0.15, 0.2) is 97.1 Å². The summed E-state index contributed by atoms with van der Waals surface area (Å²) in [7, 11) is 0.109. The van der Waals surface area contributed by atoms with Crippen LogP contribution in [0.5, 0.6) is 5.75 Å². The lowest BCUT2D eigenvalue weighted by Crippen LogP contribution is -2.61. The van der Waals surface area contributed by atoms with Crippen molar-refractivity contribution in [3.8, 4) is 5.75 Å². The first-order valence-electron chi connectivity index (χ1n) is 18.1. The molecular weight excluding hydrogens is 811 g/mol. The third-order valence-electron chi connectivity index (χ3n) is 8.94. The Bertz CT molecular complexity index is 1830. The number of carbonyl (C=O) groups excluding carboxylic acids is 1. The molecule has 0 aliphatic heterocycles. The van der Waals surface area contributed by atoms with Gasteiger partial charge in [0.05, 0.1) is 5.56 Å². The Hall–Kier alpha value is -3.59. The molecule has 0 aliphatic carbocycles. The predicted octanol–water partition coefficient (Wildman–Crippen LogP) is 11.1. The summed E-state index contributed by atoms with van der Waals surface area (Å²) in [5.41, 5.74) is 2.87. The Morgan fingerprint density at radius 3 is 1.88 bits per heavy atom. The number of aryl methyl sites for hydroxylation is 2. The van der Waals surface area contributed by atoms with Crippen LogP contribution in [0, 0.1) is 0 Å².